The topological polar surface area (TPSA) is 79.0 Å². The highest BCUT2D eigenvalue weighted by Crippen LogP contribution is 2.50. The molecule has 7 nitrogen and oxygen atoms in total. The lowest BCUT2D eigenvalue weighted by atomic mass is 9.76. The van der Waals surface area contributed by atoms with Crippen molar-refractivity contribution in [3.63, 3.8) is 0 Å². The molecule has 0 radical (unpaired) electrons. The molecule has 0 aromatic heterocycles. The van der Waals surface area contributed by atoms with E-state index in [1.165, 1.54) is 22.9 Å². The first-order chi connectivity index (χ1) is 24.8. The molecule has 1 N–H and O–H groups in total. The number of hydrogen-bond acceptors (Lipinski definition) is 5. The third-order valence-corrected chi connectivity index (χ3v) is 10.4. The highest BCUT2D eigenvalue weighted by Gasteiger charge is 2.40. The fourth-order valence-corrected chi connectivity index (χ4v) is 7.84. The lowest BCUT2D eigenvalue weighted by Crippen LogP contribution is -2.54. The summed E-state index contributed by atoms with van der Waals surface area (Å²) in [6.45, 7) is 4.21. The number of aryl methyl sites for hydroxylation is 1. The molecule has 254 valence electrons. The number of nitrogens with zero attached hydrogens (tertiary/aromatic N) is 2. The first-order valence-electron chi connectivity index (χ1n) is 17.3. The summed E-state index contributed by atoms with van der Waals surface area (Å²) in [6.07, 6.45) is 3.28. The normalized spacial score (nSPS) is 19.2. The highest BCUT2D eigenvalue weighted by molar-refractivity contribution is 6.39. The molecular weight excluding hydrogens is 658 g/mol. The smallest absolute Gasteiger partial charge is 0.335 e. The number of anilines is 2. The van der Waals surface area contributed by atoms with E-state index >= 15 is 0 Å². The molecule has 8 rings (SSSR count). The zero-order chi connectivity index (χ0) is 35.1. The fraction of sp³-hybridized carbons (Fsp3) is 0.186. The molecule has 0 spiro atoms. The van der Waals surface area contributed by atoms with Crippen LogP contribution in [0.2, 0.25) is 5.02 Å². The molecule has 0 bridgehead atoms. The van der Waals surface area contributed by atoms with Gasteiger partial charge in [-0.1, -0.05) is 108 Å². The third-order valence-electron chi connectivity index (χ3n) is 10.1. The van der Waals surface area contributed by atoms with Crippen LogP contribution < -0.4 is 19.9 Å². The Morgan fingerprint density at radius 3 is 1.98 bits per heavy atom. The van der Waals surface area contributed by atoms with Gasteiger partial charge < -0.3 is 9.64 Å². The number of hydrogen-bond donors (Lipinski definition) is 1. The molecule has 0 aliphatic carbocycles. The predicted octanol–water partition coefficient (Wildman–Crippen LogP) is 8.77. The van der Waals surface area contributed by atoms with Gasteiger partial charge in [-0.25, -0.2) is 9.69 Å². The standard InChI is InChI=1S/C43H36ClN3O4/c1-27-12-14-28(15-13-27)26-51-39-17-16-29(23-38(39)44)22-37-41(48)45-43(50)47(42(37)49)32-24-35-33(30-8-4-2-5-9-30)18-20-46-21-19-34(36(25-32)40(35)46)31-10-6-3-7-11-31/h2-17,22-25,33-34H,18-21,26H2,1H3,(H,45,48,50)/b37-22+/t33-,34+. The number of carbonyl (C=O) groups excluding carboxylic acids is 3. The van der Waals surface area contributed by atoms with Crippen LogP contribution in [0.5, 0.6) is 5.75 Å². The van der Waals surface area contributed by atoms with Crippen LogP contribution in [0.1, 0.15) is 63.6 Å². The Labute approximate surface area is 302 Å². The van der Waals surface area contributed by atoms with Crippen molar-refractivity contribution in [1.29, 1.82) is 0 Å². The molecule has 8 heteroatoms. The summed E-state index contributed by atoms with van der Waals surface area (Å²) in [5.74, 6) is -0.804. The van der Waals surface area contributed by atoms with Crippen molar-refractivity contribution in [2.75, 3.05) is 22.9 Å². The lowest BCUT2D eigenvalue weighted by Gasteiger charge is -2.44. The Bertz CT molecular complexity index is 2110. The van der Waals surface area contributed by atoms with E-state index < -0.39 is 17.8 Å². The molecule has 5 aromatic carbocycles. The number of urea groups is 1. The lowest BCUT2D eigenvalue weighted by molar-refractivity contribution is -0.122. The van der Waals surface area contributed by atoms with Gasteiger partial charge in [-0.05, 0) is 83.5 Å². The molecule has 4 amide bonds. The molecule has 0 saturated carbocycles. The van der Waals surface area contributed by atoms with Crippen LogP contribution in [0.15, 0.2) is 121 Å². The first kappa shape index (κ1) is 32.5. The van der Waals surface area contributed by atoms with E-state index in [0.29, 0.717) is 28.6 Å². The number of imide groups is 2. The number of amides is 4. The Morgan fingerprint density at radius 1 is 0.784 bits per heavy atom. The van der Waals surface area contributed by atoms with Crippen LogP contribution in [-0.4, -0.2) is 30.9 Å². The monoisotopic (exact) mass is 693 g/mol. The maximum absolute atomic E-state index is 14.2. The van der Waals surface area contributed by atoms with Gasteiger partial charge in [0.15, 0.2) is 0 Å². The van der Waals surface area contributed by atoms with Gasteiger partial charge in [-0.2, -0.15) is 0 Å². The van der Waals surface area contributed by atoms with E-state index in [4.69, 9.17) is 16.3 Å². The fourth-order valence-electron chi connectivity index (χ4n) is 7.60. The van der Waals surface area contributed by atoms with Gasteiger partial charge in [0, 0.05) is 30.6 Å². The van der Waals surface area contributed by atoms with Crippen LogP contribution in [0.25, 0.3) is 6.08 Å². The highest BCUT2D eigenvalue weighted by atomic mass is 35.5. The zero-order valence-electron chi connectivity index (χ0n) is 28.1. The van der Waals surface area contributed by atoms with Crippen molar-refractivity contribution in [2.45, 2.75) is 38.2 Å². The van der Waals surface area contributed by atoms with Gasteiger partial charge in [0.05, 0.1) is 10.7 Å². The van der Waals surface area contributed by atoms with E-state index in [1.54, 1.807) is 18.2 Å². The van der Waals surface area contributed by atoms with Gasteiger partial charge >= 0.3 is 6.03 Å². The van der Waals surface area contributed by atoms with Crippen LogP contribution in [0, 0.1) is 6.92 Å². The minimum atomic E-state index is -0.775. The number of ether oxygens (including phenoxy) is 1. The van der Waals surface area contributed by atoms with E-state index in [9.17, 15) is 14.4 Å². The summed E-state index contributed by atoms with van der Waals surface area (Å²) in [6, 6.07) is 37.1. The summed E-state index contributed by atoms with van der Waals surface area (Å²) in [5, 5.41) is 2.75. The van der Waals surface area contributed by atoms with Crippen LogP contribution in [0.3, 0.4) is 0 Å². The van der Waals surface area contributed by atoms with Crippen molar-refractivity contribution < 1.29 is 19.1 Å². The summed E-state index contributed by atoms with van der Waals surface area (Å²) in [4.78, 5) is 44.6. The van der Waals surface area contributed by atoms with Gasteiger partial charge in [0.1, 0.15) is 17.9 Å². The predicted molar refractivity (Wildman–Crippen MR) is 200 cm³/mol. The third kappa shape index (κ3) is 6.30. The van der Waals surface area contributed by atoms with E-state index in [0.717, 1.165) is 53.1 Å². The van der Waals surface area contributed by atoms with Crippen molar-refractivity contribution in [3.8, 4) is 5.75 Å². The van der Waals surface area contributed by atoms with Gasteiger partial charge in [-0.15, -0.1) is 0 Å². The Balaban J connectivity index is 1.16. The van der Waals surface area contributed by atoms with Crippen LogP contribution in [-0.2, 0) is 16.2 Å². The summed E-state index contributed by atoms with van der Waals surface area (Å²) in [5.41, 5.74) is 8.68. The Kier molecular flexibility index (Phi) is 8.66. The molecule has 1 fully saturated rings. The summed E-state index contributed by atoms with van der Waals surface area (Å²) < 4.78 is 5.94. The second-order valence-corrected chi connectivity index (χ2v) is 13.8. The van der Waals surface area contributed by atoms with E-state index in [2.05, 4.69) is 34.5 Å². The maximum atomic E-state index is 14.2. The van der Waals surface area contributed by atoms with Crippen molar-refractivity contribution >= 4 is 46.9 Å². The average Bonchev–Trinajstić information content (AvgIpc) is 3.14. The summed E-state index contributed by atoms with van der Waals surface area (Å²) >= 11 is 6.60. The second-order valence-electron chi connectivity index (χ2n) is 13.4. The number of barbiturate groups is 1. The van der Waals surface area contributed by atoms with Crippen molar-refractivity contribution in [3.05, 3.63) is 165 Å². The number of rotatable bonds is 7. The second kappa shape index (κ2) is 13.6. The van der Waals surface area contributed by atoms with E-state index in [-0.39, 0.29) is 17.4 Å². The van der Waals surface area contributed by atoms with Gasteiger partial charge in [-0.3, -0.25) is 14.9 Å². The molecule has 3 heterocycles. The van der Waals surface area contributed by atoms with Crippen LogP contribution >= 0.6 is 11.6 Å². The van der Waals surface area contributed by atoms with Gasteiger partial charge in [0.25, 0.3) is 11.8 Å². The number of benzene rings is 5. The van der Waals surface area contributed by atoms with E-state index in [1.807, 2.05) is 79.7 Å². The van der Waals surface area contributed by atoms with Crippen molar-refractivity contribution in [1.82, 2.24) is 5.32 Å². The molecular formula is C43H36ClN3O4. The van der Waals surface area contributed by atoms with Crippen molar-refractivity contribution in [2.24, 2.45) is 0 Å². The SMILES string of the molecule is Cc1ccc(COc2ccc(/C=C3\C(=O)NC(=O)N(c4cc5c6c(c4)[C@H](c4ccccc4)CCN6CC[C@@H]5c4ccccc4)C3=O)cc2Cl)cc1. The Hall–Kier alpha value is -5.66. The molecule has 1 saturated heterocycles. The van der Waals surface area contributed by atoms with Gasteiger partial charge in [0.2, 0.25) is 0 Å². The molecule has 3 aliphatic rings. The number of carbonyl (C=O) groups is 3. The molecule has 3 aliphatic heterocycles. The maximum Gasteiger partial charge on any atom is 0.335 e. The quantitative estimate of drug-likeness (QED) is 0.136. The summed E-state index contributed by atoms with van der Waals surface area (Å²) in [7, 11) is 0. The molecule has 5 aromatic rings. The Morgan fingerprint density at radius 2 is 1.39 bits per heavy atom. The minimum absolute atomic E-state index is 0.0826. The number of nitrogens with one attached hydrogen (secondary N) is 1. The largest absolute Gasteiger partial charge is 0.487 e. The zero-order valence-corrected chi connectivity index (χ0v) is 28.9. The molecule has 51 heavy (non-hydrogen) atoms. The molecule has 0 unspecified atom stereocenters. The first-order valence-corrected chi connectivity index (χ1v) is 17.6. The molecule has 2 atom stereocenters. The average molecular weight is 694 g/mol. The number of halogens is 1. The van der Waals surface area contributed by atoms with Crippen LogP contribution in [0.4, 0.5) is 16.2 Å². The minimum Gasteiger partial charge on any atom is -0.487 e.